The minimum Gasteiger partial charge on any atom is -0.398 e. The van der Waals surface area contributed by atoms with Crippen molar-refractivity contribution >= 4 is 11.6 Å². The lowest BCUT2D eigenvalue weighted by molar-refractivity contribution is 0.100. The maximum absolute atomic E-state index is 11.0. The molecule has 1 amide bonds. The van der Waals surface area contributed by atoms with Crippen molar-refractivity contribution in [3.63, 3.8) is 0 Å². The molecule has 0 aromatic heterocycles. The van der Waals surface area contributed by atoms with Gasteiger partial charge in [-0.1, -0.05) is 19.9 Å². The number of nitrogens with two attached hydrogens (primary N) is 2. The molecule has 0 spiro atoms. The number of benzene rings is 1. The van der Waals surface area contributed by atoms with Crippen LogP contribution in [0.15, 0.2) is 18.2 Å². The van der Waals surface area contributed by atoms with Gasteiger partial charge in [0.25, 0.3) is 0 Å². The van der Waals surface area contributed by atoms with Gasteiger partial charge in [0, 0.05) is 17.8 Å². The summed E-state index contributed by atoms with van der Waals surface area (Å²) in [5.41, 5.74) is 13.4. The second-order valence-electron chi connectivity index (χ2n) is 4.55. The molecule has 0 aliphatic carbocycles. The summed E-state index contributed by atoms with van der Waals surface area (Å²) in [6, 6.07) is 5.30. The zero-order chi connectivity index (χ0) is 13.5. The summed E-state index contributed by atoms with van der Waals surface area (Å²) in [6.07, 6.45) is 2.25. The zero-order valence-corrected chi connectivity index (χ0v) is 11.3. The molecule has 100 valence electrons. The van der Waals surface area contributed by atoms with Gasteiger partial charge in [0.1, 0.15) is 0 Å². The Balaban J connectivity index is 2.79. The van der Waals surface area contributed by atoms with Crippen molar-refractivity contribution in [1.82, 2.24) is 4.90 Å². The van der Waals surface area contributed by atoms with E-state index in [0.29, 0.717) is 11.3 Å². The average Bonchev–Trinajstić information content (AvgIpc) is 2.32. The third-order valence-corrected chi connectivity index (χ3v) is 2.90. The highest BCUT2D eigenvalue weighted by Gasteiger charge is 2.08. The van der Waals surface area contributed by atoms with Gasteiger partial charge in [-0.25, -0.2) is 0 Å². The van der Waals surface area contributed by atoms with Crippen LogP contribution in [0.4, 0.5) is 5.69 Å². The zero-order valence-electron chi connectivity index (χ0n) is 11.3. The van der Waals surface area contributed by atoms with Crippen molar-refractivity contribution in [3.05, 3.63) is 29.3 Å². The van der Waals surface area contributed by atoms with Gasteiger partial charge in [-0.15, -0.1) is 0 Å². The number of rotatable bonds is 7. The lowest BCUT2D eigenvalue weighted by Crippen LogP contribution is -2.25. The highest BCUT2D eigenvalue weighted by Crippen LogP contribution is 2.16. The van der Waals surface area contributed by atoms with Crippen LogP contribution in [0.25, 0.3) is 0 Å². The first-order valence-corrected chi connectivity index (χ1v) is 6.49. The lowest BCUT2D eigenvalue weighted by atomic mass is 10.1. The predicted octanol–water partition coefficient (Wildman–Crippen LogP) is 1.99. The average molecular weight is 249 g/mol. The standard InChI is InChI=1S/C14H23N3O/c1-3-7-17(8-4-2)10-12-6-5-11(14(16)18)9-13(12)15/h5-6,9H,3-4,7-8,10,15H2,1-2H3,(H2,16,18). The summed E-state index contributed by atoms with van der Waals surface area (Å²) < 4.78 is 0. The van der Waals surface area contributed by atoms with E-state index in [0.717, 1.165) is 38.0 Å². The molecule has 4 N–H and O–H groups in total. The predicted molar refractivity (Wildman–Crippen MR) is 75.2 cm³/mol. The van der Waals surface area contributed by atoms with Gasteiger partial charge in [-0.3, -0.25) is 9.69 Å². The molecule has 0 saturated carbocycles. The number of amides is 1. The molecule has 1 aromatic rings. The topological polar surface area (TPSA) is 72.3 Å². The van der Waals surface area contributed by atoms with Gasteiger partial charge in [0.2, 0.25) is 5.91 Å². The monoisotopic (exact) mass is 249 g/mol. The third kappa shape index (κ3) is 4.04. The fraction of sp³-hybridized carbons (Fsp3) is 0.500. The Bertz CT molecular complexity index is 398. The largest absolute Gasteiger partial charge is 0.398 e. The molecular weight excluding hydrogens is 226 g/mol. The number of carbonyl (C=O) groups excluding carboxylic acids is 1. The molecule has 0 aliphatic heterocycles. The van der Waals surface area contributed by atoms with Crippen LogP contribution in [-0.4, -0.2) is 23.9 Å². The summed E-state index contributed by atoms with van der Waals surface area (Å²) in [7, 11) is 0. The van der Waals surface area contributed by atoms with Gasteiger partial charge >= 0.3 is 0 Å². The van der Waals surface area contributed by atoms with Crippen LogP contribution in [0.5, 0.6) is 0 Å². The van der Waals surface area contributed by atoms with Crippen molar-refractivity contribution in [1.29, 1.82) is 0 Å². The van der Waals surface area contributed by atoms with E-state index in [9.17, 15) is 4.79 Å². The molecule has 0 radical (unpaired) electrons. The maximum Gasteiger partial charge on any atom is 0.248 e. The Kier molecular flexibility index (Phi) is 5.65. The van der Waals surface area contributed by atoms with E-state index < -0.39 is 5.91 Å². The Morgan fingerprint density at radius 2 is 1.83 bits per heavy atom. The number of nitrogen functional groups attached to an aromatic ring is 1. The van der Waals surface area contributed by atoms with Crippen molar-refractivity contribution in [2.24, 2.45) is 5.73 Å². The summed E-state index contributed by atoms with van der Waals surface area (Å²) in [5.74, 6) is -0.438. The number of hydrogen-bond donors (Lipinski definition) is 2. The second-order valence-corrected chi connectivity index (χ2v) is 4.55. The number of anilines is 1. The number of carbonyl (C=O) groups is 1. The van der Waals surface area contributed by atoms with Crippen molar-refractivity contribution in [3.8, 4) is 0 Å². The molecule has 0 aliphatic rings. The molecule has 1 aromatic carbocycles. The number of primary amides is 1. The van der Waals surface area contributed by atoms with Crippen LogP contribution >= 0.6 is 0 Å². The SMILES string of the molecule is CCCN(CCC)Cc1ccc(C(N)=O)cc1N. The smallest absolute Gasteiger partial charge is 0.248 e. The van der Waals surface area contributed by atoms with Gasteiger partial charge in [0.05, 0.1) is 0 Å². The third-order valence-electron chi connectivity index (χ3n) is 2.90. The van der Waals surface area contributed by atoms with Crippen LogP contribution < -0.4 is 11.5 Å². The van der Waals surface area contributed by atoms with E-state index in [1.807, 2.05) is 6.07 Å². The highest BCUT2D eigenvalue weighted by atomic mass is 16.1. The van der Waals surface area contributed by atoms with Crippen LogP contribution in [0.3, 0.4) is 0 Å². The molecule has 4 nitrogen and oxygen atoms in total. The molecule has 1 rings (SSSR count). The van der Waals surface area contributed by atoms with Crippen LogP contribution in [0.1, 0.15) is 42.6 Å². The van der Waals surface area contributed by atoms with Crippen molar-refractivity contribution < 1.29 is 4.79 Å². The Labute approximate surface area is 109 Å². The van der Waals surface area contributed by atoms with E-state index in [4.69, 9.17) is 11.5 Å². The first-order chi connectivity index (χ1) is 8.58. The van der Waals surface area contributed by atoms with Crippen molar-refractivity contribution in [2.75, 3.05) is 18.8 Å². The maximum atomic E-state index is 11.0. The Morgan fingerprint density at radius 1 is 1.22 bits per heavy atom. The minimum atomic E-state index is -0.438. The highest BCUT2D eigenvalue weighted by molar-refractivity contribution is 5.93. The van der Waals surface area contributed by atoms with Gasteiger partial charge in [-0.2, -0.15) is 0 Å². The minimum absolute atomic E-state index is 0.438. The molecule has 0 fully saturated rings. The van der Waals surface area contributed by atoms with Gasteiger partial charge in [-0.05, 0) is 43.6 Å². The molecule has 18 heavy (non-hydrogen) atoms. The van der Waals surface area contributed by atoms with Gasteiger partial charge < -0.3 is 11.5 Å². The van der Waals surface area contributed by atoms with E-state index in [1.165, 1.54) is 0 Å². The quantitative estimate of drug-likeness (QED) is 0.726. The van der Waals surface area contributed by atoms with E-state index in [-0.39, 0.29) is 0 Å². The Morgan fingerprint density at radius 3 is 2.28 bits per heavy atom. The van der Waals surface area contributed by atoms with E-state index >= 15 is 0 Å². The van der Waals surface area contributed by atoms with Crippen LogP contribution in [-0.2, 0) is 6.54 Å². The number of nitrogens with zero attached hydrogens (tertiary/aromatic N) is 1. The molecule has 0 atom stereocenters. The molecule has 0 saturated heterocycles. The van der Waals surface area contributed by atoms with E-state index in [1.54, 1.807) is 12.1 Å². The Hall–Kier alpha value is -1.55. The summed E-state index contributed by atoms with van der Waals surface area (Å²) >= 11 is 0. The molecule has 0 heterocycles. The normalized spacial score (nSPS) is 10.8. The lowest BCUT2D eigenvalue weighted by Gasteiger charge is -2.22. The summed E-state index contributed by atoms with van der Waals surface area (Å²) in [6.45, 7) is 7.28. The first-order valence-electron chi connectivity index (χ1n) is 6.49. The molecular formula is C14H23N3O. The van der Waals surface area contributed by atoms with E-state index in [2.05, 4.69) is 18.7 Å². The van der Waals surface area contributed by atoms with Crippen LogP contribution in [0, 0.1) is 0 Å². The first kappa shape index (κ1) is 14.5. The molecule has 4 heteroatoms. The molecule has 0 unspecified atom stereocenters. The fourth-order valence-electron chi connectivity index (χ4n) is 2.04. The summed E-state index contributed by atoms with van der Waals surface area (Å²) in [5, 5.41) is 0. The number of hydrogen-bond acceptors (Lipinski definition) is 3. The summed E-state index contributed by atoms with van der Waals surface area (Å²) in [4.78, 5) is 13.4. The van der Waals surface area contributed by atoms with Gasteiger partial charge in [0.15, 0.2) is 0 Å². The second kappa shape index (κ2) is 7.01. The van der Waals surface area contributed by atoms with Crippen molar-refractivity contribution in [2.45, 2.75) is 33.2 Å². The molecule has 0 bridgehead atoms. The van der Waals surface area contributed by atoms with Crippen LogP contribution in [0.2, 0.25) is 0 Å². The fourth-order valence-corrected chi connectivity index (χ4v) is 2.04.